The summed E-state index contributed by atoms with van der Waals surface area (Å²) in [6, 6.07) is 8.33. The van der Waals surface area contributed by atoms with Crippen LogP contribution in [0.5, 0.6) is 0 Å². The van der Waals surface area contributed by atoms with Gasteiger partial charge in [0.05, 0.1) is 12.8 Å². The highest BCUT2D eigenvalue weighted by Crippen LogP contribution is 2.31. The third-order valence-electron chi connectivity index (χ3n) is 6.14. The van der Waals surface area contributed by atoms with E-state index in [4.69, 9.17) is 21.3 Å². The molecule has 4 heterocycles. The van der Waals surface area contributed by atoms with Gasteiger partial charge >= 0.3 is 0 Å². The van der Waals surface area contributed by atoms with Gasteiger partial charge in [-0.05, 0) is 56.7 Å². The summed E-state index contributed by atoms with van der Waals surface area (Å²) in [6.07, 6.45) is 3.26. The number of halogens is 2. The van der Waals surface area contributed by atoms with Gasteiger partial charge in [-0.1, -0.05) is 11.6 Å². The molecule has 0 N–H and O–H groups in total. The third-order valence-corrected chi connectivity index (χ3v) is 6.37. The molecule has 0 aliphatic carbocycles. The average Bonchev–Trinajstić information content (AvgIpc) is 2.82. The minimum atomic E-state index is -0.529. The fraction of sp³-hybridized carbons (Fsp3) is 0.280. The van der Waals surface area contributed by atoms with Crippen LogP contribution in [0, 0.1) is 26.6 Å². The number of hydrogen-bond donors (Lipinski definition) is 0. The van der Waals surface area contributed by atoms with E-state index in [0.29, 0.717) is 42.4 Å². The second kappa shape index (κ2) is 8.77. The van der Waals surface area contributed by atoms with E-state index in [9.17, 15) is 9.18 Å². The van der Waals surface area contributed by atoms with Gasteiger partial charge in [0.2, 0.25) is 0 Å². The Balaban J connectivity index is 1.66. The fourth-order valence-corrected chi connectivity index (χ4v) is 4.32. The molecule has 1 fully saturated rings. The highest BCUT2D eigenvalue weighted by atomic mass is 35.5. The first kappa shape index (κ1) is 22.4. The van der Waals surface area contributed by atoms with Crippen LogP contribution in [0.2, 0.25) is 5.02 Å². The highest BCUT2D eigenvalue weighted by Gasteiger charge is 2.25. The minimum Gasteiger partial charge on any atom is -0.370 e. The molecular formula is C25H23ClFN5O2. The van der Waals surface area contributed by atoms with E-state index >= 15 is 0 Å². The lowest BCUT2D eigenvalue weighted by atomic mass is 10.1. The van der Waals surface area contributed by atoms with Gasteiger partial charge < -0.3 is 9.64 Å². The molecule has 0 unspecified atom stereocenters. The van der Waals surface area contributed by atoms with Gasteiger partial charge in [-0.15, -0.1) is 0 Å². The predicted octanol–water partition coefficient (Wildman–Crippen LogP) is 4.45. The third kappa shape index (κ3) is 4.03. The van der Waals surface area contributed by atoms with Gasteiger partial charge in [-0.25, -0.2) is 14.4 Å². The molecule has 0 amide bonds. The number of rotatable bonds is 3. The Morgan fingerprint density at radius 2 is 1.97 bits per heavy atom. The first-order valence-electron chi connectivity index (χ1n) is 11.0. The van der Waals surface area contributed by atoms with Crippen molar-refractivity contribution < 1.29 is 9.13 Å². The molecule has 9 heteroatoms. The van der Waals surface area contributed by atoms with Crippen LogP contribution in [0.15, 0.2) is 47.5 Å². The van der Waals surface area contributed by atoms with Crippen LogP contribution in [0.25, 0.3) is 16.9 Å². The largest absolute Gasteiger partial charge is 0.370 e. The van der Waals surface area contributed by atoms with Gasteiger partial charge in [-0.3, -0.25) is 14.2 Å². The maximum absolute atomic E-state index is 15.0. The molecule has 0 saturated carbocycles. The lowest BCUT2D eigenvalue weighted by Gasteiger charge is -2.34. The van der Waals surface area contributed by atoms with Crippen LogP contribution >= 0.6 is 11.6 Å². The van der Waals surface area contributed by atoms with Crippen molar-refractivity contribution in [2.75, 3.05) is 24.6 Å². The number of hydrogen-bond acceptors (Lipinski definition) is 6. The van der Waals surface area contributed by atoms with E-state index < -0.39 is 5.82 Å². The van der Waals surface area contributed by atoms with Crippen LogP contribution < -0.4 is 10.5 Å². The first-order valence-corrected chi connectivity index (χ1v) is 11.3. The SMILES string of the molecule is Cc1cc([C@@H]2CN(c3cn4c(=O)c(C)c(C)nc4c(-c4ccc(Cl)cc4F)n3)CCO2)ccn1. The molecule has 174 valence electrons. The van der Waals surface area contributed by atoms with Crippen molar-refractivity contribution in [3.8, 4) is 11.3 Å². The summed E-state index contributed by atoms with van der Waals surface area (Å²) in [5, 5.41) is 0.280. The van der Waals surface area contributed by atoms with Gasteiger partial charge in [0.1, 0.15) is 23.4 Å². The van der Waals surface area contributed by atoms with E-state index in [0.717, 1.165) is 11.3 Å². The van der Waals surface area contributed by atoms with E-state index in [2.05, 4.69) is 9.97 Å². The Morgan fingerprint density at radius 3 is 2.74 bits per heavy atom. The highest BCUT2D eigenvalue weighted by molar-refractivity contribution is 6.30. The van der Waals surface area contributed by atoms with Gasteiger partial charge in [0, 0.05) is 46.8 Å². The first-order chi connectivity index (χ1) is 16.3. The molecule has 1 atom stereocenters. The lowest BCUT2D eigenvalue weighted by molar-refractivity contribution is 0.0394. The zero-order valence-electron chi connectivity index (χ0n) is 19.0. The summed E-state index contributed by atoms with van der Waals surface area (Å²) in [4.78, 5) is 28.8. The summed E-state index contributed by atoms with van der Waals surface area (Å²) in [6.45, 7) is 7.01. The minimum absolute atomic E-state index is 0.182. The molecule has 0 bridgehead atoms. The van der Waals surface area contributed by atoms with Gasteiger partial charge in [0.25, 0.3) is 5.56 Å². The Hall–Kier alpha value is -3.36. The number of aromatic nitrogens is 4. The van der Waals surface area contributed by atoms with Crippen molar-refractivity contribution in [3.63, 3.8) is 0 Å². The van der Waals surface area contributed by atoms with E-state index in [1.807, 2.05) is 24.0 Å². The second-order valence-corrected chi connectivity index (χ2v) is 8.87. The van der Waals surface area contributed by atoms with Crippen molar-refractivity contribution in [1.82, 2.24) is 19.4 Å². The second-order valence-electron chi connectivity index (χ2n) is 8.43. The van der Waals surface area contributed by atoms with Gasteiger partial charge in [0.15, 0.2) is 5.65 Å². The van der Waals surface area contributed by atoms with Crippen LogP contribution in [0.4, 0.5) is 10.2 Å². The molecule has 1 aliphatic heterocycles. The molecule has 0 radical (unpaired) electrons. The molecule has 4 aromatic rings. The molecule has 1 saturated heterocycles. The van der Waals surface area contributed by atoms with Crippen molar-refractivity contribution in [2.45, 2.75) is 26.9 Å². The summed E-state index contributed by atoms with van der Waals surface area (Å²) < 4.78 is 22.4. The number of nitrogens with zero attached hydrogens (tertiary/aromatic N) is 5. The summed E-state index contributed by atoms with van der Waals surface area (Å²) in [5.74, 6) is 0.0155. The molecule has 1 aromatic carbocycles. The molecule has 34 heavy (non-hydrogen) atoms. The topological polar surface area (TPSA) is 72.6 Å². The zero-order chi connectivity index (χ0) is 24.0. The van der Waals surface area contributed by atoms with Crippen LogP contribution in [-0.2, 0) is 4.74 Å². The summed E-state index contributed by atoms with van der Waals surface area (Å²) >= 11 is 5.97. The molecule has 7 nitrogen and oxygen atoms in total. The van der Waals surface area contributed by atoms with E-state index in [1.165, 1.54) is 10.5 Å². The Kier molecular flexibility index (Phi) is 5.79. The number of ether oxygens (including phenoxy) is 1. The average molecular weight is 480 g/mol. The molecule has 3 aromatic heterocycles. The van der Waals surface area contributed by atoms with Crippen molar-refractivity contribution in [2.24, 2.45) is 0 Å². The Bertz CT molecular complexity index is 1470. The molecular weight excluding hydrogens is 457 g/mol. The predicted molar refractivity (Wildman–Crippen MR) is 129 cm³/mol. The number of benzene rings is 1. The molecule has 1 aliphatic rings. The van der Waals surface area contributed by atoms with Crippen molar-refractivity contribution in [1.29, 1.82) is 0 Å². The number of aryl methyl sites for hydroxylation is 2. The maximum atomic E-state index is 15.0. The van der Waals surface area contributed by atoms with Crippen LogP contribution in [-0.4, -0.2) is 39.0 Å². The Morgan fingerprint density at radius 1 is 1.15 bits per heavy atom. The Labute approximate surface area is 200 Å². The summed E-state index contributed by atoms with van der Waals surface area (Å²) in [7, 11) is 0. The number of pyridine rings is 1. The van der Waals surface area contributed by atoms with Crippen LogP contribution in [0.3, 0.4) is 0 Å². The monoisotopic (exact) mass is 479 g/mol. The van der Waals surface area contributed by atoms with E-state index in [1.54, 1.807) is 38.4 Å². The van der Waals surface area contributed by atoms with E-state index in [-0.39, 0.29) is 27.9 Å². The smallest absolute Gasteiger partial charge is 0.261 e. The zero-order valence-corrected chi connectivity index (χ0v) is 19.8. The van der Waals surface area contributed by atoms with Crippen molar-refractivity contribution in [3.05, 3.63) is 86.4 Å². The quantitative estimate of drug-likeness (QED) is 0.432. The number of anilines is 1. The number of fused-ring (bicyclic) bond motifs is 1. The molecule has 0 spiro atoms. The summed E-state index contributed by atoms with van der Waals surface area (Å²) in [5.41, 5.74) is 3.64. The lowest BCUT2D eigenvalue weighted by Crippen LogP contribution is -2.39. The fourth-order valence-electron chi connectivity index (χ4n) is 4.17. The normalized spacial score (nSPS) is 16.3. The standard InChI is InChI=1S/C25H23ClFN5O2/c1-14-10-17(6-7-28-14)21-12-31(8-9-34-21)22-13-32-24(29-16(3)15(2)25(32)33)23(30-22)19-5-4-18(26)11-20(19)27/h4-7,10-11,13,21H,8-9,12H2,1-3H3/t21-/m0/s1. The molecule has 5 rings (SSSR count). The van der Waals surface area contributed by atoms with Crippen LogP contribution in [0.1, 0.15) is 28.6 Å². The maximum Gasteiger partial charge on any atom is 0.261 e. The van der Waals surface area contributed by atoms with Crippen molar-refractivity contribution >= 4 is 23.1 Å². The van der Waals surface area contributed by atoms with Gasteiger partial charge in [-0.2, -0.15) is 0 Å². The number of morpholine rings is 1.